The van der Waals surface area contributed by atoms with Gasteiger partial charge in [0.2, 0.25) is 0 Å². The number of benzene rings is 1. The summed E-state index contributed by atoms with van der Waals surface area (Å²) in [6, 6.07) is 10.5. The van der Waals surface area contributed by atoms with Gasteiger partial charge in [0, 0.05) is 6.20 Å². The van der Waals surface area contributed by atoms with Gasteiger partial charge in [-0.15, -0.1) is 0 Å². The topological polar surface area (TPSA) is 77.5 Å². The molecule has 1 aromatic carbocycles. The maximum absolute atomic E-state index is 11.8. The first kappa shape index (κ1) is 18.0. The van der Waals surface area contributed by atoms with E-state index in [1.165, 1.54) is 12.3 Å². The molecule has 8 heteroatoms. The number of nitrogens with one attached hydrogen (secondary N) is 1. The molecule has 0 unspecified atom stereocenters. The summed E-state index contributed by atoms with van der Waals surface area (Å²) in [5, 5.41) is 2.80. The van der Waals surface area contributed by atoms with E-state index in [1.807, 2.05) is 30.3 Å². The molecule has 0 aliphatic rings. The smallest absolute Gasteiger partial charge is 0.340 e. The number of hydrogen-bond donors (Lipinski definition) is 1. The number of carbonyl (C=O) groups is 2. The summed E-state index contributed by atoms with van der Waals surface area (Å²) in [6.45, 7) is 0.185. The van der Waals surface area contributed by atoms with Crippen molar-refractivity contribution >= 4 is 35.1 Å². The number of carbonyl (C=O) groups excluding carboxylic acids is 2. The highest BCUT2D eigenvalue weighted by Crippen LogP contribution is 2.19. The average molecular weight is 369 g/mol. The molecule has 0 saturated heterocycles. The number of halogens is 2. The van der Waals surface area contributed by atoms with Crippen LogP contribution in [0.2, 0.25) is 10.2 Å². The Morgan fingerprint density at radius 2 is 1.92 bits per heavy atom. The molecule has 0 spiro atoms. The van der Waals surface area contributed by atoms with E-state index in [-0.39, 0.29) is 15.7 Å². The van der Waals surface area contributed by atoms with Gasteiger partial charge in [-0.25, -0.2) is 9.78 Å². The highest BCUT2D eigenvalue weighted by atomic mass is 35.5. The van der Waals surface area contributed by atoms with Gasteiger partial charge in [-0.1, -0.05) is 41.4 Å². The van der Waals surface area contributed by atoms with Crippen LogP contribution in [0.1, 0.15) is 10.4 Å². The van der Waals surface area contributed by atoms with Gasteiger partial charge in [0.1, 0.15) is 17.5 Å². The zero-order valence-corrected chi connectivity index (χ0v) is 14.0. The predicted molar refractivity (Wildman–Crippen MR) is 89.5 cm³/mol. The third-order valence-corrected chi connectivity index (χ3v) is 3.49. The van der Waals surface area contributed by atoms with Crippen molar-refractivity contribution in [3.8, 4) is 5.75 Å². The molecule has 0 saturated carbocycles. The molecule has 0 radical (unpaired) electrons. The highest BCUT2D eigenvalue weighted by Gasteiger charge is 2.12. The van der Waals surface area contributed by atoms with E-state index in [0.717, 1.165) is 0 Å². The molecule has 0 aliphatic heterocycles. The molecule has 0 atom stereocenters. The lowest BCUT2D eigenvalue weighted by Gasteiger charge is -2.08. The first-order valence-corrected chi connectivity index (χ1v) is 7.74. The van der Waals surface area contributed by atoms with Gasteiger partial charge < -0.3 is 14.8 Å². The molecule has 0 fully saturated rings. The standard InChI is InChI=1S/C16H14Cl2N2O4/c17-13-8-11(9-20-15(13)18)16(22)24-10-14(21)19-6-7-23-12-4-2-1-3-5-12/h1-5,8-9H,6-7,10H2,(H,19,21). The minimum absolute atomic E-state index is 0.0874. The molecular weight excluding hydrogens is 355 g/mol. The van der Waals surface area contributed by atoms with Crippen LogP contribution in [0.4, 0.5) is 0 Å². The average Bonchev–Trinajstić information content (AvgIpc) is 2.60. The summed E-state index contributed by atoms with van der Waals surface area (Å²) in [6.07, 6.45) is 1.22. The van der Waals surface area contributed by atoms with E-state index < -0.39 is 18.5 Å². The number of amides is 1. The number of hydrogen-bond acceptors (Lipinski definition) is 5. The number of pyridine rings is 1. The number of para-hydroxylation sites is 1. The summed E-state index contributed by atoms with van der Waals surface area (Å²) < 4.78 is 10.3. The van der Waals surface area contributed by atoms with Gasteiger partial charge in [0.15, 0.2) is 6.61 Å². The normalized spacial score (nSPS) is 10.1. The van der Waals surface area contributed by atoms with Crippen molar-refractivity contribution in [3.05, 3.63) is 58.3 Å². The second kappa shape index (κ2) is 9.10. The van der Waals surface area contributed by atoms with E-state index >= 15 is 0 Å². The van der Waals surface area contributed by atoms with Crippen LogP contribution in [0.15, 0.2) is 42.6 Å². The fraction of sp³-hybridized carbons (Fsp3) is 0.188. The van der Waals surface area contributed by atoms with Crippen molar-refractivity contribution in [2.24, 2.45) is 0 Å². The number of aromatic nitrogens is 1. The molecule has 1 N–H and O–H groups in total. The van der Waals surface area contributed by atoms with Crippen LogP contribution in [-0.4, -0.2) is 36.6 Å². The van der Waals surface area contributed by atoms with Crippen LogP contribution in [0, 0.1) is 0 Å². The monoisotopic (exact) mass is 368 g/mol. The van der Waals surface area contributed by atoms with Crippen LogP contribution in [-0.2, 0) is 9.53 Å². The number of nitrogens with zero attached hydrogens (tertiary/aromatic N) is 1. The second-order valence-electron chi connectivity index (χ2n) is 4.58. The molecule has 2 aromatic rings. The third kappa shape index (κ3) is 5.72. The fourth-order valence-electron chi connectivity index (χ4n) is 1.67. The van der Waals surface area contributed by atoms with Gasteiger partial charge in [0.05, 0.1) is 17.1 Å². The minimum Gasteiger partial charge on any atom is -0.492 e. The van der Waals surface area contributed by atoms with Crippen LogP contribution < -0.4 is 10.1 Å². The first-order chi connectivity index (χ1) is 11.6. The lowest BCUT2D eigenvalue weighted by molar-refractivity contribution is -0.124. The summed E-state index contributed by atoms with van der Waals surface area (Å²) in [5.41, 5.74) is 0.115. The van der Waals surface area contributed by atoms with Gasteiger partial charge in [-0.2, -0.15) is 0 Å². The Kier molecular flexibility index (Phi) is 6.84. The zero-order valence-electron chi connectivity index (χ0n) is 12.5. The van der Waals surface area contributed by atoms with Crippen LogP contribution in [0.25, 0.3) is 0 Å². The minimum atomic E-state index is -0.711. The Morgan fingerprint density at radius 3 is 2.62 bits per heavy atom. The Hall–Kier alpha value is -2.31. The molecule has 0 bridgehead atoms. The molecule has 1 aromatic heterocycles. The molecule has 1 heterocycles. The quantitative estimate of drug-likeness (QED) is 0.461. The van der Waals surface area contributed by atoms with E-state index in [9.17, 15) is 9.59 Å². The third-order valence-electron chi connectivity index (χ3n) is 2.80. The molecular formula is C16H14Cl2N2O4. The Balaban J connectivity index is 1.67. The van der Waals surface area contributed by atoms with Crippen LogP contribution >= 0.6 is 23.2 Å². The molecule has 6 nitrogen and oxygen atoms in total. The summed E-state index contributed by atoms with van der Waals surface area (Å²) >= 11 is 11.4. The largest absolute Gasteiger partial charge is 0.492 e. The van der Waals surface area contributed by atoms with Crippen molar-refractivity contribution in [2.45, 2.75) is 0 Å². The van der Waals surface area contributed by atoms with Gasteiger partial charge >= 0.3 is 5.97 Å². The summed E-state index contributed by atoms with van der Waals surface area (Å²) in [5.74, 6) is -0.435. The Labute approximate surface area is 148 Å². The van der Waals surface area contributed by atoms with E-state index in [2.05, 4.69) is 10.3 Å². The SMILES string of the molecule is O=C(COC(=O)c1cnc(Cl)c(Cl)c1)NCCOc1ccccc1. The highest BCUT2D eigenvalue weighted by molar-refractivity contribution is 6.41. The van der Waals surface area contributed by atoms with Gasteiger partial charge in [-0.3, -0.25) is 4.79 Å². The first-order valence-electron chi connectivity index (χ1n) is 6.99. The van der Waals surface area contributed by atoms with Crippen LogP contribution in [0.3, 0.4) is 0 Å². The van der Waals surface area contributed by atoms with Crippen molar-refractivity contribution in [1.82, 2.24) is 10.3 Å². The molecule has 126 valence electrons. The fourth-order valence-corrected chi connectivity index (χ4v) is 1.94. The van der Waals surface area contributed by atoms with E-state index in [4.69, 9.17) is 32.7 Å². The van der Waals surface area contributed by atoms with Crippen molar-refractivity contribution < 1.29 is 19.1 Å². The molecule has 2 rings (SSSR count). The summed E-state index contributed by atoms with van der Waals surface area (Å²) in [4.78, 5) is 27.1. The van der Waals surface area contributed by atoms with Crippen LogP contribution in [0.5, 0.6) is 5.75 Å². The summed E-state index contributed by atoms with van der Waals surface area (Å²) in [7, 11) is 0. The Morgan fingerprint density at radius 1 is 1.17 bits per heavy atom. The van der Waals surface area contributed by atoms with E-state index in [0.29, 0.717) is 18.9 Å². The number of rotatable bonds is 7. The molecule has 1 amide bonds. The van der Waals surface area contributed by atoms with Crippen molar-refractivity contribution in [2.75, 3.05) is 19.8 Å². The number of ether oxygens (including phenoxy) is 2. The molecule has 0 aliphatic carbocycles. The maximum atomic E-state index is 11.8. The lowest BCUT2D eigenvalue weighted by Crippen LogP contribution is -2.32. The van der Waals surface area contributed by atoms with Crippen molar-refractivity contribution in [1.29, 1.82) is 0 Å². The lowest BCUT2D eigenvalue weighted by atomic mass is 10.3. The molecule has 24 heavy (non-hydrogen) atoms. The van der Waals surface area contributed by atoms with Gasteiger partial charge in [0.25, 0.3) is 5.91 Å². The Bertz CT molecular complexity index is 710. The van der Waals surface area contributed by atoms with E-state index in [1.54, 1.807) is 0 Å². The number of esters is 1. The maximum Gasteiger partial charge on any atom is 0.340 e. The second-order valence-corrected chi connectivity index (χ2v) is 5.35. The van der Waals surface area contributed by atoms with Gasteiger partial charge in [-0.05, 0) is 18.2 Å². The predicted octanol–water partition coefficient (Wildman–Crippen LogP) is 2.74. The zero-order chi connectivity index (χ0) is 17.4. The van der Waals surface area contributed by atoms with Crippen molar-refractivity contribution in [3.63, 3.8) is 0 Å².